The van der Waals surface area contributed by atoms with Crippen LogP contribution in [0.2, 0.25) is 0 Å². The number of carbonyl (C=O) groups excluding carboxylic acids is 1. The number of hydrazone groups is 1. The van der Waals surface area contributed by atoms with Crippen LogP contribution in [0, 0.1) is 0 Å². The summed E-state index contributed by atoms with van der Waals surface area (Å²) in [6.45, 7) is 4.58. The van der Waals surface area contributed by atoms with E-state index in [1.54, 1.807) is 31.2 Å². The van der Waals surface area contributed by atoms with Gasteiger partial charge in [-0.1, -0.05) is 36.0 Å². The molecule has 1 heterocycles. The Labute approximate surface area is 155 Å². The average molecular weight is 368 g/mol. The minimum Gasteiger partial charge on any atom is -0.507 e. The van der Waals surface area contributed by atoms with E-state index >= 15 is 0 Å². The third kappa shape index (κ3) is 3.88. The molecule has 2 N–H and O–H groups in total. The van der Waals surface area contributed by atoms with E-state index in [9.17, 15) is 9.90 Å². The van der Waals surface area contributed by atoms with Crippen LogP contribution in [0.15, 0.2) is 58.8 Å². The second kappa shape index (κ2) is 8.05. The molecule has 2 aromatic carbocycles. The van der Waals surface area contributed by atoms with Crippen molar-refractivity contribution in [1.29, 1.82) is 0 Å². The number of para-hydroxylation sites is 3. The Balaban J connectivity index is 1.64. The Hall–Kier alpha value is -2.80. The van der Waals surface area contributed by atoms with Gasteiger partial charge in [-0.3, -0.25) is 4.79 Å². The van der Waals surface area contributed by atoms with Crippen molar-refractivity contribution in [1.82, 2.24) is 15.0 Å². The van der Waals surface area contributed by atoms with Gasteiger partial charge in [0.05, 0.1) is 22.5 Å². The molecule has 3 aromatic rings. The topological polar surface area (TPSA) is 79.5 Å². The van der Waals surface area contributed by atoms with E-state index in [1.807, 2.05) is 24.3 Å². The minimum absolute atomic E-state index is 0.133. The normalized spacial score (nSPS) is 11.7. The molecule has 1 amide bonds. The van der Waals surface area contributed by atoms with Crippen LogP contribution in [0.1, 0.15) is 19.4 Å². The molecule has 0 aliphatic carbocycles. The molecule has 0 unspecified atom stereocenters. The number of nitrogens with one attached hydrogen (secondary N) is 1. The maximum atomic E-state index is 12.1. The molecule has 0 fully saturated rings. The van der Waals surface area contributed by atoms with E-state index < -0.39 is 0 Å². The fraction of sp³-hybridized carbons (Fsp3) is 0.211. The van der Waals surface area contributed by atoms with Crippen LogP contribution in [0.4, 0.5) is 0 Å². The average Bonchev–Trinajstić information content (AvgIpc) is 3.02. The number of benzene rings is 2. The van der Waals surface area contributed by atoms with Gasteiger partial charge in [0.15, 0.2) is 5.16 Å². The molecule has 1 aromatic heterocycles. The largest absolute Gasteiger partial charge is 0.507 e. The summed E-state index contributed by atoms with van der Waals surface area (Å²) in [5.41, 5.74) is 5.65. The summed E-state index contributed by atoms with van der Waals surface area (Å²) in [5, 5.41) is 14.7. The van der Waals surface area contributed by atoms with Crippen molar-refractivity contribution < 1.29 is 9.90 Å². The summed E-state index contributed by atoms with van der Waals surface area (Å²) in [6, 6.07) is 14.8. The number of nitrogens with zero attached hydrogens (tertiary/aromatic N) is 3. The summed E-state index contributed by atoms with van der Waals surface area (Å²) in [7, 11) is 0. The predicted octanol–water partition coefficient (Wildman–Crippen LogP) is 3.39. The van der Waals surface area contributed by atoms with Gasteiger partial charge in [-0.2, -0.15) is 5.10 Å². The number of thioether (sulfide) groups is 1. The zero-order valence-corrected chi connectivity index (χ0v) is 15.5. The molecule has 0 aliphatic rings. The number of hydrogen-bond acceptors (Lipinski definition) is 5. The number of hydrogen-bond donors (Lipinski definition) is 2. The third-order valence-corrected chi connectivity index (χ3v) is 4.89. The lowest BCUT2D eigenvalue weighted by molar-refractivity contribution is -0.118. The minimum atomic E-state index is -0.223. The lowest BCUT2D eigenvalue weighted by Gasteiger charge is -2.06. The molecule has 0 saturated carbocycles. The molecular formula is C19H20N4O2S. The summed E-state index contributed by atoms with van der Waals surface area (Å²) in [6.07, 6.45) is 0. The summed E-state index contributed by atoms with van der Waals surface area (Å²) in [4.78, 5) is 16.7. The fourth-order valence-electron chi connectivity index (χ4n) is 2.62. The van der Waals surface area contributed by atoms with Crippen molar-refractivity contribution in [2.45, 2.75) is 25.5 Å². The lowest BCUT2D eigenvalue weighted by atomic mass is 10.1. The molecule has 134 valence electrons. The zero-order chi connectivity index (χ0) is 18.5. The Bertz CT molecular complexity index is 965. The first-order chi connectivity index (χ1) is 12.6. The highest BCUT2D eigenvalue weighted by Gasteiger charge is 2.12. The van der Waals surface area contributed by atoms with Gasteiger partial charge in [-0.05, 0) is 38.1 Å². The van der Waals surface area contributed by atoms with Crippen molar-refractivity contribution in [3.8, 4) is 5.75 Å². The number of rotatable bonds is 6. The van der Waals surface area contributed by atoms with Gasteiger partial charge < -0.3 is 9.67 Å². The summed E-state index contributed by atoms with van der Waals surface area (Å²) < 4.78 is 2.09. The number of imidazole rings is 1. The third-order valence-electron chi connectivity index (χ3n) is 3.91. The van der Waals surface area contributed by atoms with Gasteiger partial charge in [-0.25, -0.2) is 10.4 Å². The molecule has 7 heteroatoms. The molecule has 0 atom stereocenters. The van der Waals surface area contributed by atoms with Crippen LogP contribution in [0.25, 0.3) is 11.0 Å². The number of amides is 1. The van der Waals surface area contributed by atoms with Crippen LogP contribution < -0.4 is 5.43 Å². The van der Waals surface area contributed by atoms with Gasteiger partial charge in [0.25, 0.3) is 5.91 Å². The maximum Gasteiger partial charge on any atom is 0.250 e. The lowest BCUT2D eigenvalue weighted by Crippen LogP contribution is -2.21. The molecule has 6 nitrogen and oxygen atoms in total. The van der Waals surface area contributed by atoms with E-state index in [0.717, 1.165) is 22.7 Å². The van der Waals surface area contributed by atoms with Gasteiger partial charge in [-0.15, -0.1) is 0 Å². The number of aryl methyl sites for hydroxylation is 1. The maximum absolute atomic E-state index is 12.1. The van der Waals surface area contributed by atoms with Crippen LogP contribution in [0.5, 0.6) is 5.75 Å². The quantitative estimate of drug-likeness (QED) is 0.397. The standard InChI is InChI=1S/C19H20N4O2S/c1-3-23-16-10-6-5-9-15(16)20-19(23)26-12-18(25)22-21-13(2)14-8-4-7-11-17(14)24/h4-11,24H,3,12H2,1-2H3,(H,22,25)/b21-13+. The second-order valence-corrected chi connectivity index (χ2v) is 6.61. The molecule has 26 heavy (non-hydrogen) atoms. The van der Waals surface area contributed by atoms with E-state index in [4.69, 9.17) is 0 Å². The molecule has 0 spiro atoms. The number of aromatic nitrogens is 2. The van der Waals surface area contributed by atoms with Crippen LogP contribution >= 0.6 is 11.8 Å². The zero-order valence-electron chi connectivity index (χ0n) is 14.6. The van der Waals surface area contributed by atoms with Gasteiger partial charge in [0.1, 0.15) is 5.75 Å². The van der Waals surface area contributed by atoms with E-state index in [2.05, 4.69) is 27.0 Å². The molecule has 0 saturated heterocycles. The Morgan fingerprint density at radius 1 is 1.23 bits per heavy atom. The number of fused-ring (bicyclic) bond motifs is 1. The highest BCUT2D eigenvalue weighted by atomic mass is 32.2. The van der Waals surface area contributed by atoms with Gasteiger partial charge in [0, 0.05) is 12.1 Å². The molecule has 0 bridgehead atoms. The highest BCUT2D eigenvalue weighted by molar-refractivity contribution is 7.99. The molecular weight excluding hydrogens is 348 g/mol. The fourth-order valence-corrected chi connectivity index (χ4v) is 3.49. The van der Waals surface area contributed by atoms with E-state index in [1.165, 1.54) is 11.8 Å². The number of phenols is 1. The molecule has 0 aliphatic heterocycles. The predicted molar refractivity (Wildman–Crippen MR) is 105 cm³/mol. The van der Waals surface area contributed by atoms with Crippen molar-refractivity contribution in [2.24, 2.45) is 5.10 Å². The number of phenolic OH excluding ortho intramolecular Hbond substituents is 1. The summed E-state index contributed by atoms with van der Waals surface area (Å²) >= 11 is 1.38. The SMILES string of the molecule is CCn1c(SCC(=O)N/N=C(\C)c2ccccc2O)nc2ccccc21. The van der Waals surface area contributed by atoms with Crippen LogP contribution in [0.3, 0.4) is 0 Å². The number of aromatic hydroxyl groups is 1. The first kappa shape index (κ1) is 18.0. The smallest absolute Gasteiger partial charge is 0.250 e. The molecule has 0 radical (unpaired) electrons. The number of carbonyl (C=O) groups is 1. The Morgan fingerprint density at radius 2 is 1.96 bits per heavy atom. The van der Waals surface area contributed by atoms with Crippen LogP contribution in [-0.2, 0) is 11.3 Å². The highest BCUT2D eigenvalue weighted by Crippen LogP contribution is 2.23. The summed E-state index contributed by atoms with van der Waals surface area (Å²) in [5.74, 6) is 0.120. The van der Waals surface area contributed by atoms with E-state index in [-0.39, 0.29) is 17.4 Å². The van der Waals surface area contributed by atoms with Gasteiger partial charge >= 0.3 is 0 Å². The first-order valence-electron chi connectivity index (χ1n) is 8.29. The van der Waals surface area contributed by atoms with Crippen molar-refractivity contribution in [3.05, 3.63) is 54.1 Å². The van der Waals surface area contributed by atoms with E-state index in [0.29, 0.717) is 11.3 Å². The van der Waals surface area contributed by atoms with Crippen LogP contribution in [-0.4, -0.2) is 32.0 Å². The van der Waals surface area contributed by atoms with Crippen molar-refractivity contribution >= 4 is 34.4 Å². The molecule has 3 rings (SSSR count). The van der Waals surface area contributed by atoms with Crippen molar-refractivity contribution in [3.63, 3.8) is 0 Å². The monoisotopic (exact) mass is 368 g/mol. The second-order valence-electron chi connectivity index (χ2n) is 5.67. The Morgan fingerprint density at radius 3 is 2.73 bits per heavy atom. The van der Waals surface area contributed by atoms with Gasteiger partial charge in [0.2, 0.25) is 0 Å². The van der Waals surface area contributed by atoms with Crippen molar-refractivity contribution in [2.75, 3.05) is 5.75 Å². The first-order valence-corrected chi connectivity index (χ1v) is 9.28. The Kier molecular flexibility index (Phi) is 5.58.